The number of hydrogen-bond donors (Lipinski definition) is 9. The molecule has 0 amide bonds. The number of hydrogen-bond acceptors (Lipinski definition) is 15. The maximum atomic E-state index is 10.9. The molecule has 6 unspecified atom stereocenters. The number of nitrogens with two attached hydrogens (primary N) is 1. The van der Waals surface area contributed by atoms with Gasteiger partial charge in [-0.1, -0.05) is 0 Å². The van der Waals surface area contributed by atoms with Crippen LogP contribution in [0.25, 0.3) is 0 Å². The van der Waals surface area contributed by atoms with Crippen molar-refractivity contribution >= 4 is 0 Å². The lowest BCUT2D eigenvalue weighted by Crippen LogP contribution is -2.66. The second-order valence-electron chi connectivity index (χ2n) is 9.19. The van der Waals surface area contributed by atoms with E-state index in [0.29, 0.717) is 13.0 Å². The van der Waals surface area contributed by atoms with Gasteiger partial charge < -0.3 is 75.0 Å². The first-order valence-corrected chi connectivity index (χ1v) is 12.0. The Labute approximate surface area is 207 Å². The average Bonchev–Trinajstić information content (AvgIpc) is 2.85. The molecule has 0 spiro atoms. The van der Waals surface area contributed by atoms with Crippen LogP contribution in [0.15, 0.2) is 0 Å². The van der Waals surface area contributed by atoms with Crippen molar-refractivity contribution in [2.45, 2.75) is 106 Å². The molecule has 0 aliphatic carbocycles. The zero-order valence-corrected chi connectivity index (χ0v) is 19.9. The van der Waals surface area contributed by atoms with Crippen molar-refractivity contribution in [3.8, 4) is 0 Å². The van der Waals surface area contributed by atoms with Crippen molar-refractivity contribution < 1.29 is 69.3 Å². The molecule has 0 aromatic carbocycles. The normalized spacial score (nSPS) is 48.2. The fourth-order valence-corrected chi connectivity index (χ4v) is 4.38. The molecule has 15 nitrogen and oxygen atoms in total. The molecule has 3 aliphatic rings. The van der Waals surface area contributed by atoms with E-state index in [0.717, 1.165) is 0 Å². The summed E-state index contributed by atoms with van der Waals surface area (Å²) in [6.45, 7) is 0.628. The van der Waals surface area contributed by atoms with Crippen LogP contribution in [-0.4, -0.2) is 153 Å². The Balaban J connectivity index is 1.85. The molecule has 0 aromatic heterocycles. The monoisotopic (exact) mass is 529 g/mol. The van der Waals surface area contributed by atoms with Crippen LogP contribution in [0, 0.1) is 0 Å². The molecule has 0 saturated carbocycles. The minimum absolute atomic E-state index is 0.116. The molecule has 14 atom stereocenters. The third-order valence-electron chi connectivity index (χ3n) is 6.55. The first kappa shape index (κ1) is 29.9. The van der Waals surface area contributed by atoms with Gasteiger partial charge in [-0.25, -0.2) is 0 Å². The van der Waals surface area contributed by atoms with E-state index in [-0.39, 0.29) is 13.0 Å². The Morgan fingerprint density at radius 2 is 1.39 bits per heavy atom. The van der Waals surface area contributed by atoms with Gasteiger partial charge in [0.05, 0.1) is 32.0 Å². The summed E-state index contributed by atoms with van der Waals surface area (Å²) in [6, 6.07) is 0. The fraction of sp³-hybridized carbons (Fsp3) is 1.00. The third-order valence-corrected chi connectivity index (χ3v) is 6.55. The van der Waals surface area contributed by atoms with Gasteiger partial charge in [0.2, 0.25) is 0 Å². The highest BCUT2D eigenvalue weighted by Gasteiger charge is 2.53. The number of aliphatic hydroxyl groups excluding tert-OH is 8. The molecule has 3 aliphatic heterocycles. The number of aliphatic hydroxyl groups is 8. The SMILES string of the molecule is CC1O[C@@H](OC2[C@H](OCCCN)OC(CO)[C@H](O)[C@@H]2O[C@H]2OC(CO)[C@H](O)[C@H](O)C2O)CC(O)[C@@H]1O. The first-order chi connectivity index (χ1) is 17.1. The molecule has 3 heterocycles. The van der Waals surface area contributed by atoms with Gasteiger partial charge in [-0.05, 0) is 19.9 Å². The van der Waals surface area contributed by atoms with E-state index in [1.807, 2.05) is 0 Å². The zero-order valence-electron chi connectivity index (χ0n) is 19.9. The van der Waals surface area contributed by atoms with Crippen LogP contribution in [-0.2, 0) is 28.4 Å². The van der Waals surface area contributed by atoms with Gasteiger partial charge >= 0.3 is 0 Å². The Kier molecular flexibility index (Phi) is 11.2. The Morgan fingerprint density at radius 1 is 0.750 bits per heavy atom. The minimum atomic E-state index is -1.77. The Bertz CT molecular complexity index is 648. The summed E-state index contributed by atoms with van der Waals surface area (Å²) < 4.78 is 34.2. The van der Waals surface area contributed by atoms with E-state index < -0.39 is 99.2 Å². The van der Waals surface area contributed by atoms with Gasteiger partial charge in [0.15, 0.2) is 18.9 Å². The lowest BCUT2D eigenvalue weighted by Gasteiger charge is -2.48. The van der Waals surface area contributed by atoms with E-state index in [4.69, 9.17) is 34.2 Å². The molecule has 212 valence electrons. The van der Waals surface area contributed by atoms with Gasteiger partial charge in [-0.15, -0.1) is 0 Å². The van der Waals surface area contributed by atoms with Crippen molar-refractivity contribution in [2.24, 2.45) is 5.73 Å². The topological polar surface area (TPSA) is 243 Å². The number of rotatable bonds is 10. The van der Waals surface area contributed by atoms with E-state index >= 15 is 0 Å². The van der Waals surface area contributed by atoms with Crippen LogP contribution < -0.4 is 5.73 Å². The molecule has 3 fully saturated rings. The van der Waals surface area contributed by atoms with Gasteiger partial charge in [-0.3, -0.25) is 0 Å². The molecule has 3 rings (SSSR count). The molecule has 0 aromatic rings. The molecular weight excluding hydrogens is 490 g/mol. The van der Waals surface area contributed by atoms with E-state index in [1.54, 1.807) is 0 Å². The van der Waals surface area contributed by atoms with E-state index in [2.05, 4.69) is 0 Å². The maximum absolute atomic E-state index is 10.9. The van der Waals surface area contributed by atoms with Crippen LogP contribution in [0.1, 0.15) is 19.8 Å². The van der Waals surface area contributed by atoms with Gasteiger partial charge in [0, 0.05) is 6.42 Å². The van der Waals surface area contributed by atoms with Crippen LogP contribution >= 0.6 is 0 Å². The second-order valence-corrected chi connectivity index (χ2v) is 9.19. The predicted octanol–water partition coefficient (Wildman–Crippen LogP) is -5.14. The zero-order chi connectivity index (χ0) is 26.6. The van der Waals surface area contributed by atoms with Crippen LogP contribution in [0.3, 0.4) is 0 Å². The molecule has 15 heteroatoms. The second kappa shape index (κ2) is 13.5. The Morgan fingerprint density at radius 3 is 2.00 bits per heavy atom. The molecular formula is C21H39NO14. The highest BCUT2D eigenvalue weighted by Crippen LogP contribution is 2.33. The first-order valence-electron chi connectivity index (χ1n) is 12.0. The minimum Gasteiger partial charge on any atom is -0.394 e. The van der Waals surface area contributed by atoms with E-state index in [9.17, 15) is 40.9 Å². The highest BCUT2D eigenvalue weighted by molar-refractivity contribution is 4.95. The summed E-state index contributed by atoms with van der Waals surface area (Å²) in [6.07, 6.45) is -18.6. The maximum Gasteiger partial charge on any atom is 0.187 e. The summed E-state index contributed by atoms with van der Waals surface area (Å²) in [7, 11) is 0. The summed E-state index contributed by atoms with van der Waals surface area (Å²) >= 11 is 0. The van der Waals surface area contributed by atoms with Crippen molar-refractivity contribution in [1.82, 2.24) is 0 Å². The summed E-state index contributed by atoms with van der Waals surface area (Å²) in [4.78, 5) is 0. The predicted molar refractivity (Wildman–Crippen MR) is 116 cm³/mol. The van der Waals surface area contributed by atoms with Crippen molar-refractivity contribution in [1.29, 1.82) is 0 Å². The molecule has 10 N–H and O–H groups in total. The summed E-state index contributed by atoms with van der Waals surface area (Å²) in [5.41, 5.74) is 5.53. The molecule has 36 heavy (non-hydrogen) atoms. The van der Waals surface area contributed by atoms with Gasteiger partial charge in [0.1, 0.15) is 54.9 Å². The van der Waals surface area contributed by atoms with Crippen LogP contribution in [0.4, 0.5) is 0 Å². The van der Waals surface area contributed by atoms with Crippen LogP contribution in [0.5, 0.6) is 0 Å². The van der Waals surface area contributed by atoms with Gasteiger partial charge in [0.25, 0.3) is 0 Å². The van der Waals surface area contributed by atoms with Crippen LogP contribution in [0.2, 0.25) is 0 Å². The summed E-state index contributed by atoms with van der Waals surface area (Å²) in [5, 5.41) is 80.9. The smallest absolute Gasteiger partial charge is 0.187 e. The van der Waals surface area contributed by atoms with Crippen molar-refractivity contribution in [3.63, 3.8) is 0 Å². The van der Waals surface area contributed by atoms with E-state index in [1.165, 1.54) is 6.92 Å². The third kappa shape index (κ3) is 6.69. The Hall–Kier alpha value is -0.600. The highest BCUT2D eigenvalue weighted by atomic mass is 16.8. The van der Waals surface area contributed by atoms with Crippen molar-refractivity contribution in [2.75, 3.05) is 26.4 Å². The van der Waals surface area contributed by atoms with Gasteiger partial charge in [-0.2, -0.15) is 0 Å². The summed E-state index contributed by atoms with van der Waals surface area (Å²) in [5.74, 6) is 0. The quantitative estimate of drug-likeness (QED) is 0.120. The molecule has 0 bridgehead atoms. The fourth-order valence-electron chi connectivity index (χ4n) is 4.38. The lowest BCUT2D eigenvalue weighted by molar-refractivity contribution is -0.382. The molecule has 0 radical (unpaired) electrons. The standard InChI is InChI=1S/C21H39NO14/c1-8-13(26)9(25)5-12(32-8)35-19-18(15(28)11(7-24)34-21(19)31-4-2-3-22)36-20-17(30)16(29)14(27)10(6-23)33-20/h8-21,23-30H,2-7,22H2,1H3/t8?,9?,10?,11?,12-,13+,14-,15-,16-,17?,18-,19?,20+,21+/m0/s1. The lowest BCUT2D eigenvalue weighted by atomic mass is 9.96. The number of ether oxygens (including phenoxy) is 6. The molecule has 3 saturated heterocycles. The average molecular weight is 530 g/mol. The van der Waals surface area contributed by atoms with Crippen molar-refractivity contribution in [3.05, 3.63) is 0 Å². The largest absolute Gasteiger partial charge is 0.394 e.